The van der Waals surface area contributed by atoms with Gasteiger partial charge in [0.25, 0.3) is 5.91 Å². The van der Waals surface area contributed by atoms with E-state index in [2.05, 4.69) is 24.1 Å². The van der Waals surface area contributed by atoms with E-state index in [9.17, 15) is 4.79 Å². The van der Waals surface area contributed by atoms with Crippen LogP contribution in [0.5, 0.6) is 5.75 Å². The molecule has 1 saturated heterocycles. The summed E-state index contributed by atoms with van der Waals surface area (Å²) in [5.41, 5.74) is 1.14. The number of carbonyl (C=O) groups is 1. The number of hydrogen-bond donors (Lipinski definition) is 0. The lowest BCUT2D eigenvalue weighted by atomic mass is 9.99. The largest absolute Gasteiger partial charge is 0.493 e. The molecule has 1 aliphatic carbocycles. The molecular formula is C22H28N2O2S. The number of carbonyl (C=O) groups excluding carboxylic acids is 1. The standard InChI is InChI=1S/C22H28N2O2S/c1-23-11-3-6-18(14-23)16-26-20-7-2-5-17(13-20)15-24(19-9-10-19)22(25)21-8-4-12-27-21/h2,4-5,7-8,12-13,18-19H,3,6,9-11,14-16H2,1H3. The zero-order valence-electron chi connectivity index (χ0n) is 16.0. The number of piperidine rings is 1. The molecule has 2 aromatic rings. The molecule has 2 aliphatic rings. The molecule has 1 saturated carbocycles. The molecule has 1 atom stereocenters. The fourth-order valence-corrected chi connectivity index (χ4v) is 4.53. The second-order valence-electron chi connectivity index (χ2n) is 7.87. The summed E-state index contributed by atoms with van der Waals surface area (Å²) in [6.45, 7) is 3.74. The lowest BCUT2D eigenvalue weighted by Crippen LogP contribution is -2.34. The Bertz CT molecular complexity index is 757. The number of rotatable bonds is 7. The van der Waals surface area contributed by atoms with Gasteiger partial charge in [-0.1, -0.05) is 18.2 Å². The second kappa shape index (κ2) is 8.44. The third-order valence-corrected chi connectivity index (χ3v) is 6.30. The predicted octanol–water partition coefficient (Wildman–Crippen LogP) is 4.27. The van der Waals surface area contributed by atoms with Crippen molar-refractivity contribution in [2.75, 3.05) is 26.7 Å². The van der Waals surface area contributed by atoms with Gasteiger partial charge in [0.15, 0.2) is 0 Å². The average molecular weight is 385 g/mol. The minimum Gasteiger partial charge on any atom is -0.493 e. The summed E-state index contributed by atoms with van der Waals surface area (Å²) in [5, 5.41) is 1.97. The molecule has 1 unspecified atom stereocenters. The molecule has 4 nitrogen and oxygen atoms in total. The van der Waals surface area contributed by atoms with Gasteiger partial charge < -0.3 is 14.5 Å². The molecule has 27 heavy (non-hydrogen) atoms. The molecule has 0 bridgehead atoms. The maximum Gasteiger partial charge on any atom is 0.264 e. The van der Waals surface area contributed by atoms with Crippen LogP contribution in [0.15, 0.2) is 41.8 Å². The number of ether oxygens (including phenoxy) is 1. The van der Waals surface area contributed by atoms with Crippen LogP contribution in [0.2, 0.25) is 0 Å². The van der Waals surface area contributed by atoms with E-state index in [1.54, 1.807) is 0 Å². The highest BCUT2D eigenvalue weighted by molar-refractivity contribution is 7.12. The topological polar surface area (TPSA) is 32.8 Å². The summed E-state index contributed by atoms with van der Waals surface area (Å²) in [5.74, 6) is 1.68. The van der Waals surface area contributed by atoms with Gasteiger partial charge in [-0.25, -0.2) is 0 Å². The Morgan fingerprint density at radius 2 is 2.15 bits per heavy atom. The molecule has 4 rings (SSSR count). The summed E-state index contributed by atoms with van der Waals surface area (Å²) in [7, 11) is 2.18. The van der Waals surface area contributed by atoms with Gasteiger partial charge in [-0.2, -0.15) is 0 Å². The van der Waals surface area contributed by atoms with Gasteiger partial charge in [0.1, 0.15) is 5.75 Å². The minimum absolute atomic E-state index is 0.157. The molecule has 5 heteroatoms. The van der Waals surface area contributed by atoms with E-state index in [0.717, 1.165) is 42.2 Å². The maximum absolute atomic E-state index is 12.8. The monoisotopic (exact) mass is 384 g/mol. The normalized spacial score (nSPS) is 20.4. The van der Waals surface area contributed by atoms with E-state index in [-0.39, 0.29) is 5.91 Å². The van der Waals surface area contributed by atoms with Crippen LogP contribution in [0.1, 0.15) is 40.9 Å². The van der Waals surface area contributed by atoms with Crippen molar-refractivity contribution in [2.24, 2.45) is 5.92 Å². The fraction of sp³-hybridized carbons (Fsp3) is 0.500. The van der Waals surface area contributed by atoms with E-state index >= 15 is 0 Å². The third kappa shape index (κ3) is 4.90. The van der Waals surface area contributed by atoms with E-state index in [4.69, 9.17) is 4.74 Å². The highest BCUT2D eigenvalue weighted by atomic mass is 32.1. The summed E-state index contributed by atoms with van der Waals surface area (Å²) in [6.07, 6.45) is 4.73. The highest BCUT2D eigenvalue weighted by Crippen LogP contribution is 2.31. The van der Waals surface area contributed by atoms with Crippen molar-refractivity contribution in [2.45, 2.75) is 38.3 Å². The predicted molar refractivity (Wildman–Crippen MR) is 109 cm³/mol. The van der Waals surface area contributed by atoms with Crippen LogP contribution < -0.4 is 4.74 Å². The molecule has 0 N–H and O–H groups in total. The molecule has 0 spiro atoms. The Balaban J connectivity index is 1.38. The van der Waals surface area contributed by atoms with Crippen LogP contribution in [-0.4, -0.2) is 48.5 Å². The molecule has 0 radical (unpaired) electrons. The van der Waals surface area contributed by atoms with Gasteiger partial charge in [-0.3, -0.25) is 4.79 Å². The SMILES string of the molecule is CN1CCCC(COc2cccc(CN(C(=O)c3cccs3)C3CC3)c2)C1. The van der Waals surface area contributed by atoms with Crippen LogP contribution >= 0.6 is 11.3 Å². The number of hydrogen-bond acceptors (Lipinski definition) is 4. The first kappa shape index (κ1) is 18.5. The highest BCUT2D eigenvalue weighted by Gasteiger charge is 2.33. The van der Waals surface area contributed by atoms with Crippen LogP contribution in [0.25, 0.3) is 0 Å². The first-order chi connectivity index (χ1) is 13.2. The summed E-state index contributed by atoms with van der Waals surface area (Å²) < 4.78 is 6.10. The van der Waals surface area contributed by atoms with Crippen molar-refractivity contribution in [3.05, 3.63) is 52.2 Å². The number of benzene rings is 1. The van der Waals surface area contributed by atoms with Crippen LogP contribution in [-0.2, 0) is 6.54 Å². The van der Waals surface area contributed by atoms with Crippen molar-refractivity contribution < 1.29 is 9.53 Å². The summed E-state index contributed by atoms with van der Waals surface area (Å²) >= 11 is 1.52. The summed E-state index contributed by atoms with van der Waals surface area (Å²) in [4.78, 5) is 18.1. The molecule has 1 aliphatic heterocycles. The Kier molecular flexibility index (Phi) is 5.79. The van der Waals surface area contributed by atoms with Gasteiger partial charge in [0, 0.05) is 25.0 Å². The molecule has 2 fully saturated rings. The molecule has 144 valence electrons. The van der Waals surface area contributed by atoms with E-state index < -0.39 is 0 Å². The number of nitrogens with zero attached hydrogens (tertiary/aromatic N) is 2. The van der Waals surface area contributed by atoms with Gasteiger partial charge in [0.05, 0.1) is 11.5 Å². The summed E-state index contributed by atoms with van der Waals surface area (Å²) in [6, 6.07) is 12.5. The van der Waals surface area contributed by atoms with Crippen molar-refractivity contribution in [1.29, 1.82) is 0 Å². The molecule has 1 amide bonds. The van der Waals surface area contributed by atoms with E-state index in [1.165, 1.54) is 30.7 Å². The lowest BCUT2D eigenvalue weighted by Gasteiger charge is -2.29. The molecule has 1 aromatic heterocycles. The molecular weight excluding hydrogens is 356 g/mol. The van der Waals surface area contributed by atoms with Gasteiger partial charge in [0.2, 0.25) is 0 Å². The Morgan fingerprint density at radius 3 is 2.89 bits per heavy atom. The van der Waals surface area contributed by atoms with E-state index in [1.807, 2.05) is 34.5 Å². The van der Waals surface area contributed by atoms with Crippen molar-refractivity contribution in [1.82, 2.24) is 9.80 Å². The minimum atomic E-state index is 0.157. The first-order valence-corrected chi connectivity index (χ1v) is 10.8. The van der Waals surface area contributed by atoms with Crippen molar-refractivity contribution >= 4 is 17.2 Å². The van der Waals surface area contributed by atoms with Crippen molar-refractivity contribution in [3.63, 3.8) is 0 Å². The maximum atomic E-state index is 12.8. The number of thiophene rings is 1. The Morgan fingerprint density at radius 1 is 1.26 bits per heavy atom. The smallest absolute Gasteiger partial charge is 0.264 e. The third-order valence-electron chi connectivity index (χ3n) is 5.44. The van der Waals surface area contributed by atoms with Crippen LogP contribution in [0.4, 0.5) is 0 Å². The van der Waals surface area contributed by atoms with Gasteiger partial charge in [-0.15, -0.1) is 11.3 Å². The first-order valence-electron chi connectivity index (χ1n) is 9.94. The van der Waals surface area contributed by atoms with Crippen molar-refractivity contribution in [3.8, 4) is 5.75 Å². The Hall–Kier alpha value is -1.85. The van der Waals surface area contributed by atoms with Crippen LogP contribution in [0, 0.1) is 5.92 Å². The fourth-order valence-electron chi connectivity index (χ4n) is 3.85. The zero-order chi connectivity index (χ0) is 18.6. The van der Waals surface area contributed by atoms with Crippen LogP contribution in [0.3, 0.4) is 0 Å². The zero-order valence-corrected chi connectivity index (χ0v) is 16.8. The molecule has 2 heterocycles. The number of likely N-dealkylation sites (tertiary alicyclic amines) is 1. The quantitative estimate of drug-likeness (QED) is 0.714. The van der Waals surface area contributed by atoms with E-state index in [0.29, 0.717) is 18.5 Å². The average Bonchev–Trinajstić information content (AvgIpc) is 3.37. The Labute approximate surface area is 165 Å². The van der Waals surface area contributed by atoms with Gasteiger partial charge in [-0.05, 0) is 68.4 Å². The molecule has 1 aromatic carbocycles. The second-order valence-corrected chi connectivity index (χ2v) is 8.82. The lowest BCUT2D eigenvalue weighted by molar-refractivity contribution is 0.0734. The van der Waals surface area contributed by atoms with Gasteiger partial charge >= 0.3 is 0 Å². The number of amides is 1.